The van der Waals surface area contributed by atoms with Crippen LogP contribution < -0.4 is 0 Å². The van der Waals surface area contributed by atoms with Crippen LogP contribution in [-0.2, 0) is 0 Å². The summed E-state index contributed by atoms with van der Waals surface area (Å²) in [6.45, 7) is 5.60. The van der Waals surface area contributed by atoms with E-state index in [1.807, 2.05) is 31.2 Å². The number of hydrogen-bond acceptors (Lipinski definition) is 1. The van der Waals surface area contributed by atoms with E-state index < -0.39 is 0 Å². The van der Waals surface area contributed by atoms with Gasteiger partial charge in [0.2, 0.25) is 0 Å². The van der Waals surface area contributed by atoms with Crippen LogP contribution in [-0.4, -0.2) is 10.2 Å². The molecule has 0 bridgehead atoms. The van der Waals surface area contributed by atoms with Crippen molar-refractivity contribution in [1.82, 2.24) is 10.2 Å². The van der Waals surface area contributed by atoms with E-state index in [1.165, 1.54) is 0 Å². The van der Waals surface area contributed by atoms with Crippen LogP contribution in [0.3, 0.4) is 0 Å². The first kappa shape index (κ1) is 8.53. The number of hydrogen-bond donors (Lipinski definition) is 1. The highest BCUT2D eigenvalue weighted by Crippen LogP contribution is 2.11. The molecular weight excluding hydrogens is 148 g/mol. The summed E-state index contributed by atoms with van der Waals surface area (Å²) in [6.07, 6.45) is 9.39. The van der Waals surface area contributed by atoms with Crippen LogP contribution in [0.1, 0.15) is 12.6 Å². The Labute approximate surface area is 72.3 Å². The third kappa shape index (κ3) is 1.95. The van der Waals surface area contributed by atoms with Crippen LogP contribution in [0.25, 0.3) is 5.57 Å². The second-order valence-electron chi connectivity index (χ2n) is 2.31. The molecular formula is C10H12N2. The highest BCUT2D eigenvalue weighted by molar-refractivity contribution is 5.71. The summed E-state index contributed by atoms with van der Waals surface area (Å²) in [5.74, 6) is 0. The van der Waals surface area contributed by atoms with Crippen LogP contribution in [0.15, 0.2) is 43.1 Å². The van der Waals surface area contributed by atoms with Gasteiger partial charge in [-0.1, -0.05) is 30.9 Å². The van der Waals surface area contributed by atoms with Gasteiger partial charge in [0.05, 0.1) is 5.69 Å². The monoisotopic (exact) mass is 160 g/mol. The van der Waals surface area contributed by atoms with Crippen molar-refractivity contribution in [3.05, 3.63) is 48.8 Å². The van der Waals surface area contributed by atoms with Gasteiger partial charge in [-0.25, -0.2) is 0 Å². The molecule has 62 valence electrons. The van der Waals surface area contributed by atoms with Gasteiger partial charge in [0, 0.05) is 6.20 Å². The van der Waals surface area contributed by atoms with Gasteiger partial charge in [-0.2, -0.15) is 5.10 Å². The van der Waals surface area contributed by atoms with Crippen molar-refractivity contribution in [2.75, 3.05) is 0 Å². The van der Waals surface area contributed by atoms with Gasteiger partial charge in [-0.3, -0.25) is 5.10 Å². The lowest BCUT2D eigenvalue weighted by atomic mass is 10.1. The largest absolute Gasteiger partial charge is 0.278 e. The third-order valence-electron chi connectivity index (χ3n) is 1.53. The number of H-pyrrole nitrogens is 1. The molecule has 0 saturated heterocycles. The number of allylic oxidation sites excluding steroid dienone is 5. The molecule has 0 fully saturated rings. The van der Waals surface area contributed by atoms with Gasteiger partial charge in [-0.15, -0.1) is 0 Å². The molecule has 0 aliphatic rings. The smallest absolute Gasteiger partial charge is 0.0646 e. The van der Waals surface area contributed by atoms with Crippen LogP contribution >= 0.6 is 0 Å². The molecule has 1 rings (SSSR count). The van der Waals surface area contributed by atoms with Crippen molar-refractivity contribution < 1.29 is 0 Å². The Bertz CT molecular complexity index is 292. The molecule has 0 aliphatic heterocycles. The van der Waals surface area contributed by atoms with E-state index in [2.05, 4.69) is 16.8 Å². The van der Waals surface area contributed by atoms with Crippen LogP contribution in [0, 0.1) is 0 Å². The number of rotatable bonds is 3. The van der Waals surface area contributed by atoms with Gasteiger partial charge in [-0.05, 0) is 18.6 Å². The van der Waals surface area contributed by atoms with E-state index in [1.54, 1.807) is 12.3 Å². The fourth-order valence-corrected chi connectivity index (χ4v) is 0.930. The summed E-state index contributed by atoms with van der Waals surface area (Å²) in [5.41, 5.74) is 2.14. The molecule has 1 aromatic heterocycles. The van der Waals surface area contributed by atoms with Crippen molar-refractivity contribution in [1.29, 1.82) is 0 Å². The highest BCUT2D eigenvalue weighted by atomic mass is 15.1. The molecule has 0 unspecified atom stereocenters. The summed E-state index contributed by atoms with van der Waals surface area (Å²) in [7, 11) is 0. The summed E-state index contributed by atoms with van der Waals surface area (Å²) in [6, 6.07) is 1.93. The molecule has 0 spiro atoms. The van der Waals surface area contributed by atoms with E-state index in [0.717, 1.165) is 11.3 Å². The Balaban J connectivity index is 2.85. The third-order valence-corrected chi connectivity index (χ3v) is 1.53. The molecule has 1 heterocycles. The summed E-state index contributed by atoms with van der Waals surface area (Å²) in [5, 5.41) is 6.77. The number of aromatic nitrogens is 2. The first-order chi connectivity index (χ1) is 5.88. The maximum Gasteiger partial charge on any atom is 0.0646 e. The van der Waals surface area contributed by atoms with Crippen molar-refractivity contribution in [2.24, 2.45) is 0 Å². The van der Waals surface area contributed by atoms with E-state index in [0.29, 0.717) is 0 Å². The molecule has 0 atom stereocenters. The lowest BCUT2D eigenvalue weighted by Crippen LogP contribution is -1.79. The average Bonchev–Trinajstić information content (AvgIpc) is 2.59. The van der Waals surface area contributed by atoms with Gasteiger partial charge in [0.15, 0.2) is 0 Å². The van der Waals surface area contributed by atoms with E-state index in [9.17, 15) is 0 Å². The predicted molar refractivity (Wildman–Crippen MR) is 51.6 cm³/mol. The van der Waals surface area contributed by atoms with E-state index >= 15 is 0 Å². The second-order valence-corrected chi connectivity index (χ2v) is 2.31. The summed E-state index contributed by atoms with van der Waals surface area (Å²) >= 11 is 0. The van der Waals surface area contributed by atoms with Crippen molar-refractivity contribution in [3.63, 3.8) is 0 Å². The van der Waals surface area contributed by atoms with Crippen LogP contribution in [0.4, 0.5) is 0 Å². The minimum atomic E-state index is 1.02. The zero-order chi connectivity index (χ0) is 8.81. The molecule has 2 heteroatoms. The number of aromatic amines is 1. The molecule has 0 saturated carbocycles. The SMILES string of the molecule is C=C/C=C\C(=C/C)c1ccn[nH]1. The van der Waals surface area contributed by atoms with Gasteiger partial charge < -0.3 is 0 Å². The van der Waals surface area contributed by atoms with Crippen molar-refractivity contribution >= 4 is 5.57 Å². The normalized spacial score (nSPS) is 12.2. The topological polar surface area (TPSA) is 28.7 Å². The zero-order valence-electron chi connectivity index (χ0n) is 7.12. The minimum Gasteiger partial charge on any atom is -0.278 e. The maximum atomic E-state index is 3.87. The summed E-state index contributed by atoms with van der Waals surface area (Å²) < 4.78 is 0. The van der Waals surface area contributed by atoms with Crippen LogP contribution in [0.2, 0.25) is 0 Å². The highest BCUT2D eigenvalue weighted by Gasteiger charge is 1.95. The lowest BCUT2D eigenvalue weighted by Gasteiger charge is -1.94. The molecule has 0 aromatic carbocycles. The maximum absolute atomic E-state index is 3.87. The standard InChI is InChI=1S/C10H12N2/c1-3-5-6-9(4-2)10-7-8-11-12-10/h3-8H,1H2,2H3,(H,11,12)/b6-5-,9-4+. The Hall–Kier alpha value is -1.57. The first-order valence-corrected chi connectivity index (χ1v) is 3.83. The molecule has 0 aliphatic carbocycles. The fraction of sp³-hybridized carbons (Fsp3) is 0.100. The predicted octanol–water partition coefficient (Wildman–Crippen LogP) is 2.56. The van der Waals surface area contributed by atoms with Gasteiger partial charge in [0.25, 0.3) is 0 Å². The molecule has 0 radical (unpaired) electrons. The van der Waals surface area contributed by atoms with E-state index in [-0.39, 0.29) is 0 Å². The lowest BCUT2D eigenvalue weighted by molar-refractivity contribution is 1.07. The Kier molecular flexibility index (Phi) is 3.08. The molecule has 0 amide bonds. The van der Waals surface area contributed by atoms with Crippen molar-refractivity contribution in [2.45, 2.75) is 6.92 Å². The van der Waals surface area contributed by atoms with Gasteiger partial charge in [0.1, 0.15) is 0 Å². The molecule has 12 heavy (non-hydrogen) atoms. The quantitative estimate of drug-likeness (QED) is 0.676. The molecule has 2 nitrogen and oxygen atoms in total. The van der Waals surface area contributed by atoms with Crippen LogP contribution in [0.5, 0.6) is 0 Å². The first-order valence-electron chi connectivity index (χ1n) is 3.83. The van der Waals surface area contributed by atoms with E-state index in [4.69, 9.17) is 0 Å². The number of nitrogens with zero attached hydrogens (tertiary/aromatic N) is 1. The molecule has 1 aromatic rings. The minimum absolute atomic E-state index is 1.02. The Morgan fingerprint density at radius 2 is 2.50 bits per heavy atom. The fourth-order valence-electron chi connectivity index (χ4n) is 0.930. The Morgan fingerprint density at radius 3 is 3.00 bits per heavy atom. The zero-order valence-corrected chi connectivity index (χ0v) is 7.12. The number of nitrogens with one attached hydrogen (secondary N) is 1. The Morgan fingerprint density at radius 1 is 1.67 bits per heavy atom. The second kappa shape index (κ2) is 4.34. The van der Waals surface area contributed by atoms with Crippen molar-refractivity contribution in [3.8, 4) is 0 Å². The summed E-state index contributed by atoms with van der Waals surface area (Å²) in [4.78, 5) is 0. The van der Waals surface area contributed by atoms with Gasteiger partial charge >= 0.3 is 0 Å². The molecule has 1 N–H and O–H groups in total. The average molecular weight is 160 g/mol.